The number of nitrogens with one attached hydrogen (secondary N) is 3. The van der Waals surface area contributed by atoms with Crippen LogP contribution in [0, 0.1) is 0 Å². The summed E-state index contributed by atoms with van der Waals surface area (Å²) in [6, 6.07) is 8.03. The predicted octanol–water partition coefficient (Wildman–Crippen LogP) is 3.93. The summed E-state index contributed by atoms with van der Waals surface area (Å²) in [4.78, 5) is 7.57. The third-order valence-corrected chi connectivity index (χ3v) is 5.91. The van der Waals surface area contributed by atoms with Crippen LogP contribution < -0.4 is 10.1 Å². The quantitative estimate of drug-likeness (QED) is 0.483. The van der Waals surface area contributed by atoms with Crippen molar-refractivity contribution < 1.29 is 4.74 Å². The summed E-state index contributed by atoms with van der Waals surface area (Å²) in [5, 5.41) is 13.0. The Morgan fingerprint density at radius 3 is 3.11 bits per heavy atom. The number of aromatic amines is 2. The smallest absolute Gasteiger partial charge is 0.147 e. The average molecular weight is 392 g/mol. The molecule has 0 amide bonds. The molecule has 7 heteroatoms. The van der Waals surface area contributed by atoms with Crippen LogP contribution in [0.4, 0.5) is 0 Å². The van der Waals surface area contributed by atoms with Crippen molar-refractivity contribution in [2.24, 2.45) is 0 Å². The Balaban J connectivity index is 1.46. The van der Waals surface area contributed by atoms with E-state index in [4.69, 9.17) is 16.3 Å². The topological polar surface area (TPSA) is 78.6 Å². The fourth-order valence-corrected chi connectivity index (χ4v) is 4.63. The van der Waals surface area contributed by atoms with E-state index in [0.717, 1.165) is 65.1 Å². The highest BCUT2D eigenvalue weighted by molar-refractivity contribution is 6.31. The predicted molar refractivity (Wildman–Crippen MR) is 108 cm³/mol. The minimum Gasteiger partial charge on any atom is -0.483 e. The van der Waals surface area contributed by atoms with Crippen molar-refractivity contribution in [2.45, 2.75) is 25.5 Å². The second kappa shape index (κ2) is 6.09. The summed E-state index contributed by atoms with van der Waals surface area (Å²) < 4.78 is 6.48. The van der Waals surface area contributed by atoms with Gasteiger partial charge in [0, 0.05) is 71.1 Å². The molecule has 0 fully saturated rings. The Morgan fingerprint density at radius 2 is 2.14 bits per heavy atom. The van der Waals surface area contributed by atoms with E-state index in [2.05, 4.69) is 25.5 Å². The first-order valence-electron chi connectivity index (χ1n) is 9.46. The van der Waals surface area contributed by atoms with Crippen LogP contribution in [-0.2, 0) is 19.4 Å². The molecule has 2 aliphatic heterocycles. The minimum absolute atomic E-state index is 0.101. The number of ether oxygens (including phenoxy) is 1. The number of nitrogens with zero attached hydrogens (tertiary/aromatic N) is 2. The highest BCUT2D eigenvalue weighted by Crippen LogP contribution is 2.46. The largest absolute Gasteiger partial charge is 0.483 e. The lowest BCUT2D eigenvalue weighted by molar-refractivity contribution is 0.232. The van der Waals surface area contributed by atoms with Crippen LogP contribution in [0.25, 0.3) is 22.2 Å². The summed E-state index contributed by atoms with van der Waals surface area (Å²) in [5.41, 5.74) is 7.50. The maximum atomic E-state index is 6.48. The van der Waals surface area contributed by atoms with E-state index in [-0.39, 0.29) is 6.10 Å². The summed E-state index contributed by atoms with van der Waals surface area (Å²) >= 11 is 6.48. The Kier molecular flexibility index (Phi) is 3.51. The Labute approximate surface area is 166 Å². The molecule has 3 aromatic heterocycles. The first kappa shape index (κ1) is 16.2. The van der Waals surface area contributed by atoms with Gasteiger partial charge in [0.05, 0.1) is 0 Å². The van der Waals surface area contributed by atoms with Crippen molar-refractivity contribution in [2.75, 3.05) is 6.54 Å². The summed E-state index contributed by atoms with van der Waals surface area (Å²) in [6.45, 7) is 1.81. The van der Waals surface area contributed by atoms with E-state index in [9.17, 15) is 0 Å². The number of H-pyrrole nitrogens is 2. The molecule has 0 saturated heterocycles. The van der Waals surface area contributed by atoms with Gasteiger partial charge >= 0.3 is 0 Å². The lowest BCUT2D eigenvalue weighted by Gasteiger charge is -2.16. The standard InChI is InChI=1S/C21H18ClN5O/c22-12-7-11-8-18(19-16-10-23-4-3-17(16)26-27-19)28-20(11)15(9-12)13-1-5-24-21-14(13)2-6-25-21/h1-2,5-7,9,18,23H,3-4,8,10H2,(H,24,25)(H,26,27)/t18-/m0/s1. The molecule has 0 saturated carbocycles. The van der Waals surface area contributed by atoms with Gasteiger partial charge in [0.1, 0.15) is 23.2 Å². The van der Waals surface area contributed by atoms with Crippen LogP contribution in [0.2, 0.25) is 5.02 Å². The molecular weight excluding hydrogens is 374 g/mol. The minimum atomic E-state index is -0.101. The Hall–Kier alpha value is -2.83. The van der Waals surface area contributed by atoms with Crippen molar-refractivity contribution in [1.29, 1.82) is 0 Å². The molecule has 0 aliphatic carbocycles. The van der Waals surface area contributed by atoms with Gasteiger partial charge in [-0.2, -0.15) is 5.10 Å². The summed E-state index contributed by atoms with van der Waals surface area (Å²) in [7, 11) is 0. The van der Waals surface area contributed by atoms with Gasteiger partial charge in [-0.3, -0.25) is 5.10 Å². The lowest BCUT2D eigenvalue weighted by Crippen LogP contribution is -2.24. The molecule has 140 valence electrons. The first-order chi connectivity index (χ1) is 13.8. The van der Waals surface area contributed by atoms with Gasteiger partial charge in [0.2, 0.25) is 0 Å². The monoisotopic (exact) mass is 391 g/mol. The fourth-order valence-electron chi connectivity index (χ4n) is 4.39. The van der Waals surface area contributed by atoms with Crippen LogP contribution >= 0.6 is 11.6 Å². The van der Waals surface area contributed by atoms with Gasteiger partial charge in [-0.1, -0.05) is 11.6 Å². The molecule has 0 spiro atoms. The average Bonchev–Trinajstić information content (AvgIpc) is 3.43. The lowest BCUT2D eigenvalue weighted by atomic mass is 9.98. The van der Waals surface area contributed by atoms with Gasteiger partial charge in [0.25, 0.3) is 0 Å². The molecule has 0 unspecified atom stereocenters. The SMILES string of the molecule is Clc1cc2c(c(-c3ccnc4[nH]ccc34)c1)O[C@H](c1n[nH]c3c1CNCC3)C2. The van der Waals surface area contributed by atoms with Crippen LogP contribution in [0.5, 0.6) is 5.75 Å². The van der Waals surface area contributed by atoms with E-state index in [0.29, 0.717) is 5.02 Å². The number of pyridine rings is 1. The number of benzene rings is 1. The first-order valence-corrected chi connectivity index (χ1v) is 9.84. The Bertz CT molecular complexity index is 1210. The molecule has 1 atom stereocenters. The number of fused-ring (bicyclic) bond motifs is 3. The molecule has 2 aliphatic rings. The summed E-state index contributed by atoms with van der Waals surface area (Å²) in [6.07, 6.45) is 5.35. The van der Waals surface area contributed by atoms with Crippen molar-refractivity contribution in [3.63, 3.8) is 0 Å². The molecule has 0 radical (unpaired) electrons. The van der Waals surface area contributed by atoms with E-state index < -0.39 is 0 Å². The van der Waals surface area contributed by atoms with Crippen LogP contribution in [-0.4, -0.2) is 26.7 Å². The van der Waals surface area contributed by atoms with Gasteiger partial charge in [-0.15, -0.1) is 0 Å². The van der Waals surface area contributed by atoms with Crippen LogP contribution in [0.15, 0.2) is 36.7 Å². The Morgan fingerprint density at radius 1 is 1.18 bits per heavy atom. The molecule has 0 bridgehead atoms. The molecule has 5 heterocycles. The molecule has 6 rings (SSSR count). The molecular formula is C21H18ClN5O. The van der Waals surface area contributed by atoms with E-state index in [1.807, 2.05) is 36.7 Å². The molecule has 1 aromatic carbocycles. The third-order valence-electron chi connectivity index (χ3n) is 5.69. The van der Waals surface area contributed by atoms with Gasteiger partial charge in [-0.25, -0.2) is 4.98 Å². The van der Waals surface area contributed by atoms with Crippen molar-refractivity contribution in [3.8, 4) is 16.9 Å². The van der Waals surface area contributed by atoms with E-state index >= 15 is 0 Å². The fraction of sp³-hybridized carbons (Fsp3) is 0.238. The number of hydrogen-bond acceptors (Lipinski definition) is 4. The van der Waals surface area contributed by atoms with Crippen molar-refractivity contribution in [1.82, 2.24) is 25.5 Å². The van der Waals surface area contributed by atoms with Crippen molar-refractivity contribution in [3.05, 3.63) is 64.2 Å². The zero-order chi connectivity index (χ0) is 18.7. The molecule has 28 heavy (non-hydrogen) atoms. The zero-order valence-corrected chi connectivity index (χ0v) is 15.8. The molecule has 3 N–H and O–H groups in total. The zero-order valence-electron chi connectivity index (χ0n) is 15.1. The third kappa shape index (κ3) is 2.38. The van der Waals surface area contributed by atoms with E-state index in [1.54, 1.807) is 0 Å². The number of rotatable bonds is 2. The van der Waals surface area contributed by atoms with E-state index in [1.165, 1.54) is 11.3 Å². The maximum Gasteiger partial charge on any atom is 0.147 e. The summed E-state index contributed by atoms with van der Waals surface area (Å²) in [5.74, 6) is 0.892. The maximum absolute atomic E-state index is 6.48. The van der Waals surface area contributed by atoms with Crippen LogP contribution in [0.3, 0.4) is 0 Å². The van der Waals surface area contributed by atoms with Gasteiger partial charge in [-0.05, 0) is 29.8 Å². The second-order valence-electron chi connectivity index (χ2n) is 7.34. The molecule has 4 aromatic rings. The highest BCUT2D eigenvalue weighted by atomic mass is 35.5. The van der Waals surface area contributed by atoms with Crippen molar-refractivity contribution >= 4 is 22.6 Å². The van der Waals surface area contributed by atoms with Gasteiger partial charge < -0.3 is 15.0 Å². The normalized spacial score (nSPS) is 18.1. The van der Waals surface area contributed by atoms with Gasteiger partial charge in [0.15, 0.2) is 0 Å². The highest BCUT2D eigenvalue weighted by Gasteiger charge is 2.32. The number of hydrogen-bond donors (Lipinski definition) is 3. The van der Waals surface area contributed by atoms with Crippen LogP contribution in [0.1, 0.15) is 28.6 Å². The number of aromatic nitrogens is 4. The second-order valence-corrected chi connectivity index (χ2v) is 7.78. The molecule has 6 nitrogen and oxygen atoms in total. The number of halogens is 1.